The zero-order valence-corrected chi connectivity index (χ0v) is 19.7. The van der Waals surface area contributed by atoms with Gasteiger partial charge in [0.1, 0.15) is 29.7 Å². The second-order valence-electron chi connectivity index (χ2n) is 7.75. The van der Waals surface area contributed by atoms with Crippen molar-refractivity contribution >= 4 is 47.0 Å². The van der Waals surface area contributed by atoms with Gasteiger partial charge in [0, 0.05) is 30.7 Å². The molecule has 1 aromatic heterocycles. The summed E-state index contributed by atoms with van der Waals surface area (Å²) in [7, 11) is 2.95. The molecule has 2 fully saturated rings. The molecule has 13 nitrogen and oxygen atoms in total. The van der Waals surface area contributed by atoms with E-state index < -0.39 is 28.7 Å². The summed E-state index contributed by atoms with van der Waals surface area (Å²) in [5.41, 5.74) is -0.836. The number of rotatable bonds is 8. The molecule has 0 saturated carbocycles. The van der Waals surface area contributed by atoms with Gasteiger partial charge in [0.15, 0.2) is 5.71 Å². The molecule has 4 rings (SSSR count). The molecule has 3 atom stereocenters. The molecule has 2 aliphatic rings. The highest BCUT2D eigenvalue weighted by Crippen LogP contribution is 2.44. The first-order valence-corrected chi connectivity index (χ1v) is 12.0. The van der Waals surface area contributed by atoms with Crippen LogP contribution in [0.15, 0.2) is 34.6 Å². The number of phenols is 1. The molecular weight excluding hydrogens is 486 g/mol. The second-order valence-corrected chi connectivity index (χ2v) is 9.79. The number of fused-ring (bicyclic) bond motifs is 1. The van der Waals surface area contributed by atoms with Crippen LogP contribution in [0.2, 0.25) is 0 Å². The third-order valence-corrected chi connectivity index (χ3v) is 8.37. The van der Waals surface area contributed by atoms with E-state index in [0.717, 1.165) is 0 Å². The Labute approximate surface area is 201 Å². The van der Waals surface area contributed by atoms with Crippen molar-refractivity contribution in [2.24, 2.45) is 17.6 Å². The number of carbonyl (C=O) groups is 3. The molecule has 0 aliphatic carbocycles. The molecule has 1 aromatic carbocycles. The summed E-state index contributed by atoms with van der Waals surface area (Å²) < 4.78 is 1.45. The van der Waals surface area contributed by atoms with Crippen LogP contribution in [0.5, 0.6) is 5.75 Å². The van der Waals surface area contributed by atoms with E-state index in [2.05, 4.69) is 26.0 Å². The van der Waals surface area contributed by atoms with Crippen LogP contribution < -0.4 is 5.32 Å². The third kappa shape index (κ3) is 4.40. The number of aliphatic carboxylic acids is 1. The van der Waals surface area contributed by atoms with Gasteiger partial charge >= 0.3 is 5.97 Å². The van der Waals surface area contributed by atoms with Gasteiger partial charge in [0.25, 0.3) is 5.91 Å². The fourth-order valence-corrected chi connectivity index (χ4v) is 6.31. The maximum absolute atomic E-state index is 12.9. The Bertz CT molecular complexity index is 1140. The molecule has 2 saturated heterocycles. The SMILES string of the molecule is CON=C(C(=O)NC1C(=O)N2CC(CSc3nnnn3C)(C(=O)O)CS[C@H]12)c1ccc(O)cc1. The zero-order chi connectivity index (χ0) is 24.5. The Balaban J connectivity index is 1.43. The topological polar surface area (TPSA) is 172 Å². The van der Waals surface area contributed by atoms with Crippen molar-refractivity contribution in [3.8, 4) is 5.75 Å². The van der Waals surface area contributed by atoms with Crippen LogP contribution >= 0.6 is 23.5 Å². The number of aromatic nitrogens is 4. The largest absolute Gasteiger partial charge is 0.508 e. The lowest BCUT2D eigenvalue weighted by molar-refractivity contribution is -0.157. The van der Waals surface area contributed by atoms with E-state index in [-0.39, 0.29) is 35.4 Å². The number of phenolic OH excluding ortho intramolecular Hbond substituents is 1. The number of nitrogens with one attached hydrogen (secondary N) is 1. The monoisotopic (exact) mass is 507 g/mol. The van der Waals surface area contributed by atoms with Gasteiger partial charge in [0.05, 0.1) is 0 Å². The fraction of sp³-hybridized carbons (Fsp3) is 0.421. The summed E-state index contributed by atoms with van der Waals surface area (Å²) in [6.07, 6.45) is 0. The lowest BCUT2D eigenvalue weighted by atomic mass is 9.89. The lowest BCUT2D eigenvalue weighted by Gasteiger charge is -2.53. The highest BCUT2D eigenvalue weighted by molar-refractivity contribution is 8.00. The number of carboxylic acids is 1. The van der Waals surface area contributed by atoms with Crippen LogP contribution in [0.4, 0.5) is 0 Å². The van der Waals surface area contributed by atoms with Gasteiger partial charge < -0.3 is 25.3 Å². The first-order valence-electron chi connectivity index (χ1n) is 9.98. The fourth-order valence-electron chi connectivity index (χ4n) is 3.60. The highest BCUT2D eigenvalue weighted by atomic mass is 32.2. The molecule has 15 heteroatoms. The summed E-state index contributed by atoms with van der Waals surface area (Å²) in [4.78, 5) is 44.1. The predicted molar refractivity (Wildman–Crippen MR) is 121 cm³/mol. The number of hydrogen-bond donors (Lipinski definition) is 3. The molecular formula is C19H21N7O6S2. The van der Waals surface area contributed by atoms with Crippen molar-refractivity contribution in [1.82, 2.24) is 30.4 Å². The number of tetrazole rings is 1. The minimum absolute atomic E-state index is 0.0143. The number of thioether (sulfide) groups is 2. The third-order valence-electron chi connectivity index (χ3n) is 5.48. The van der Waals surface area contributed by atoms with Crippen molar-refractivity contribution in [1.29, 1.82) is 0 Å². The number of benzene rings is 1. The van der Waals surface area contributed by atoms with Gasteiger partial charge in [-0.2, -0.15) is 0 Å². The summed E-state index contributed by atoms with van der Waals surface area (Å²) >= 11 is 2.51. The van der Waals surface area contributed by atoms with Gasteiger partial charge in [-0.1, -0.05) is 16.9 Å². The average Bonchev–Trinajstić information content (AvgIpc) is 3.24. The molecule has 180 valence electrons. The quantitative estimate of drug-likeness (QED) is 0.182. The second kappa shape index (κ2) is 9.50. The number of carbonyl (C=O) groups excluding carboxylic acids is 2. The van der Waals surface area contributed by atoms with Crippen LogP contribution in [-0.4, -0.2) is 95.4 Å². The summed E-state index contributed by atoms with van der Waals surface area (Å²) in [5.74, 6) is -1.54. The summed E-state index contributed by atoms with van der Waals surface area (Å²) in [5, 5.41) is 37.1. The van der Waals surface area contributed by atoms with Crippen LogP contribution in [0.1, 0.15) is 5.56 Å². The molecule has 0 radical (unpaired) electrons. The standard InChI is InChI=1S/C19H21N7O6S2/c1-25-18(21-23-24-25)34-9-19(17(30)31)7-26-15(29)13(16(26)33-8-19)20-14(28)12(22-32-2)10-3-5-11(27)6-4-10/h3-6,13,16,27H,7-9H2,1-2H3,(H,20,28)(H,30,31)/t13?,16-,19?/m1/s1. The van der Waals surface area contributed by atoms with Crippen molar-refractivity contribution in [3.63, 3.8) is 0 Å². The van der Waals surface area contributed by atoms with E-state index in [1.165, 1.54) is 64.5 Å². The molecule has 3 N–H and O–H groups in total. The maximum atomic E-state index is 12.9. The predicted octanol–water partition coefficient (Wildman–Crippen LogP) is -0.471. The van der Waals surface area contributed by atoms with Crippen molar-refractivity contribution in [2.75, 3.05) is 25.2 Å². The molecule has 34 heavy (non-hydrogen) atoms. The molecule has 0 bridgehead atoms. The van der Waals surface area contributed by atoms with E-state index in [0.29, 0.717) is 10.7 Å². The van der Waals surface area contributed by atoms with Crippen LogP contribution in [-0.2, 0) is 26.3 Å². The molecule has 2 unspecified atom stereocenters. The van der Waals surface area contributed by atoms with Crippen molar-refractivity contribution < 1.29 is 29.4 Å². The van der Waals surface area contributed by atoms with Crippen LogP contribution in [0.3, 0.4) is 0 Å². The number of hydrogen-bond acceptors (Lipinski definition) is 11. The molecule has 2 aliphatic heterocycles. The van der Waals surface area contributed by atoms with E-state index in [9.17, 15) is 24.6 Å². The Morgan fingerprint density at radius 3 is 2.74 bits per heavy atom. The first-order chi connectivity index (χ1) is 16.3. The zero-order valence-electron chi connectivity index (χ0n) is 18.1. The van der Waals surface area contributed by atoms with Gasteiger partial charge in [-0.3, -0.25) is 14.4 Å². The van der Waals surface area contributed by atoms with Gasteiger partial charge in [0.2, 0.25) is 11.1 Å². The summed E-state index contributed by atoms with van der Waals surface area (Å²) in [6, 6.07) is 4.99. The Morgan fingerprint density at radius 2 is 2.12 bits per heavy atom. The minimum Gasteiger partial charge on any atom is -0.508 e. The number of aryl methyl sites for hydroxylation is 1. The summed E-state index contributed by atoms with van der Waals surface area (Å²) in [6.45, 7) is 0.0143. The Kier molecular flexibility index (Phi) is 6.65. The van der Waals surface area contributed by atoms with Gasteiger partial charge in [-0.25, -0.2) is 4.68 Å². The lowest BCUT2D eigenvalue weighted by Crippen LogP contribution is -2.74. The van der Waals surface area contributed by atoms with Crippen LogP contribution in [0.25, 0.3) is 0 Å². The van der Waals surface area contributed by atoms with Gasteiger partial charge in [-0.05, 0) is 34.7 Å². The number of aromatic hydroxyl groups is 1. The Morgan fingerprint density at radius 1 is 1.38 bits per heavy atom. The smallest absolute Gasteiger partial charge is 0.313 e. The number of nitrogens with zero attached hydrogens (tertiary/aromatic N) is 6. The molecule has 3 heterocycles. The average molecular weight is 508 g/mol. The Hall–Kier alpha value is -3.33. The maximum Gasteiger partial charge on any atom is 0.313 e. The normalized spacial score (nSPS) is 24.2. The minimum atomic E-state index is -1.18. The van der Waals surface area contributed by atoms with Crippen LogP contribution in [0, 0.1) is 5.41 Å². The molecule has 2 amide bonds. The van der Waals surface area contributed by atoms with Crippen molar-refractivity contribution in [3.05, 3.63) is 29.8 Å². The number of carboxylic acid groups (broad SMARTS) is 1. The van der Waals surface area contributed by atoms with E-state index >= 15 is 0 Å². The molecule has 2 aromatic rings. The van der Waals surface area contributed by atoms with E-state index in [4.69, 9.17) is 4.84 Å². The van der Waals surface area contributed by atoms with Gasteiger partial charge in [-0.15, -0.1) is 16.9 Å². The molecule has 0 spiro atoms. The van der Waals surface area contributed by atoms with E-state index in [1.807, 2.05) is 0 Å². The number of amides is 2. The highest BCUT2D eigenvalue weighted by Gasteiger charge is 2.57. The van der Waals surface area contributed by atoms with E-state index in [1.54, 1.807) is 7.05 Å². The number of β-lactam (4-membered cyclic amide) rings is 1. The number of oxime groups is 1. The van der Waals surface area contributed by atoms with Crippen molar-refractivity contribution in [2.45, 2.75) is 16.6 Å². The first kappa shape index (κ1) is 23.8.